The normalized spacial score (nSPS) is 14.3. The molecule has 1 amide bonds. The molecule has 6 nitrogen and oxygen atoms in total. The Labute approximate surface area is 183 Å². The second kappa shape index (κ2) is 10.1. The number of aromatic nitrogens is 2. The van der Waals surface area contributed by atoms with Gasteiger partial charge in [0.2, 0.25) is 5.91 Å². The fourth-order valence-electron chi connectivity index (χ4n) is 4.31. The van der Waals surface area contributed by atoms with Crippen LogP contribution in [0.1, 0.15) is 50.5 Å². The maximum atomic E-state index is 12.9. The molecule has 1 aliphatic rings. The van der Waals surface area contributed by atoms with Crippen molar-refractivity contribution >= 4 is 22.5 Å². The SMILES string of the molecule is N#CCN(C(=O)CCC1CCCCC1)c1ccc2c(cnn2OCc2ccccc2)c1. The van der Waals surface area contributed by atoms with Crippen molar-refractivity contribution < 1.29 is 9.63 Å². The summed E-state index contributed by atoms with van der Waals surface area (Å²) < 4.78 is 0. The summed E-state index contributed by atoms with van der Waals surface area (Å²) in [6, 6.07) is 17.7. The fourth-order valence-corrected chi connectivity index (χ4v) is 4.31. The summed E-state index contributed by atoms with van der Waals surface area (Å²) in [6.45, 7) is 0.466. The minimum absolute atomic E-state index is 0.0131. The van der Waals surface area contributed by atoms with E-state index in [-0.39, 0.29) is 12.5 Å². The lowest BCUT2D eigenvalue weighted by Gasteiger charge is -2.24. The van der Waals surface area contributed by atoms with Gasteiger partial charge in [0, 0.05) is 17.5 Å². The molecule has 2 aromatic carbocycles. The predicted molar refractivity (Wildman–Crippen MR) is 120 cm³/mol. The van der Waals surface area contributed by atoms with Crippen molar-refractivity contribution in [2.75, 3.05) is 11.4 Å². The van der Waals surface area contributed by atoms with E-state index in [0.717, 1.165) is 28.6 Å². The van der Waals surface area contributed by atoms with Gasteiger partial charge in [-0.1, -0.05) is 67.3 Å². The van der Waals surface area contributed by atoms with Crippen LogP contribution < -0.4 is 9.74 Å². The van der Waals surface area contributed by atoms with E-state index < -0.39 is 0 Å². The summed E-state index contributed by atoms with van der Waals surface area (Å²) in [7, 11) is 0. The molecule has 1 aliphatic carbocycles. The third kappa shape index (κ3) is 5.24. The van der Waals surface area contributed by atoms with Crippen molar-refractivity contribution in [2.24, 2.45) is 5.92 Å². The first-order valence-electron chi connectivity index (χ1n) is 11.1. The zero-order valence-corrected chi connectivity index (χ0v) is 17.7. The Hall–Kier alpha value is -3.33. The van der Waals surface area contributed by atoms with E-state index in [1.54, 1.807) is 11.1 Å². The Morgan fingerprint density at radius 2 is 1.97 bits per heavy atom. The number of hydrogen-bond donors (Lipinski definition) is 0. The lowest BCUT2D eigenvalue weighted by Crippen LogP contribution is -2.31. The van der Waals surface area contributed by atoms with Crippen LogP contribution in [0.15, 0.2) is 54.7 Å². The van der Waals surface area contributed by atoms with Crippen molar-refractivity contribution in [1.82, 2.24) is 9.94 Å². The van der Waals surface area contributed by atoms with E-state index in [2.05, 4.69) is 11.2 Å². The fraction of sp³-hybridized carbons (Fsp3) is 0.400. The van der Waals surface area contributed by atoms with Gasteiger partial charge in [0.1, 0.15) is 18.7 Å². The van der Waals surface area contributed by atoms with E-state index in [0.29, 0.717) is 18.9 Å². The zero-order valence-electron chi connectivity index (χ0n) is 17.7. The molecule has 0 bridgehead atoms. The van der Waals surface area contributed by atoms with Gasteiger partial charge in [-0.15, -0.1) is 5.10 Å². The van der Waals surface area contributed by atoms with Gasteiger partial charge in [-0.3, -0.25) is 9.69 Å². The largest absolute Gasteiger partial charge is 0.391 e. The molecule has 0 unspecified atom stereocenters. The number of anilines is 1. The van der Waals surface area contributed by atoms with Gasteiger partial charge >= 0.3 is 0 Å². The molecule has 0 N–H and O–H groups in total. The summed E-state index contributed by atoms with van der Waals surface area (Å²) in [5.41, 5.74) is 2.61. The van der Waals surface area contributed by atoms with E-state index in [9.17, 15) is 10.1 Å². The quantitative estimate of drug-likeness (QED) is 0.491. The average Bonchev–Trinajstić information content (AvgIpc) is 3.23. The highest BCUT2D eigenvalue weighted by Gasteiger charge is 2.20. The highest BCUT2D eigenvalue weighted by Crippen LogP contribution is 2.28. The molecule has 1 aromatic heterocycles. The molecule has 1 heterocycles. The van der Waals surface area contributed by atoms with E-state index in [4.69, 9.17) is 4.84 Å². The number of hydrogen-bond acceptors (Lipinski definition) is 4. The number of nitriles is 1. The maximum Gasteiger partial charge on any atom is 0.227 e. The molecule has 1 fully saturated rings. The van der Waals surface area contributed by atoms with Gasteiger partial charge in [-0.2, -0.15) is 5.26 Å². The number of amides is 1. The van der Waals surface area contributed by atoms with Gasteiger partial charge in [0.25, 0.3) is 0 Å². The standard InChI is InChI=1S/C25H28N4O2/c26-15-16-28(25(30)14-11-20-7-3-1-4-8-20)23-12-13-24-22(17-23)18-27-29(24)31-19-21-9-5-2-6-10-21/h2,5-6,9-10,12-13,17-18,20H,1,3-4,7-8,11,14,16,19H2. The van der Waals surface area contributed by atoms with Crippen LogP contribution in [0.25, 0.3) is 10.9 Å². The lowest BCUT2D eigenvalue weighted by atomic mass is 9.86. The van der Waals surface area contributed by atoms with Crippen molar-refractivity contribution in [1.29, 1.82) is 5.26 Å². The minimum atomic E-state index is 0.0131. The smallest absolute Gasteiger partial charge is 0.227 e. The van der Waals surface area contributed by atoms with Crippen LogP contribution in [0, 0.1) is 17.2 Å². The van der Waals surface area contributed by atoms with Gasteiger partial charge in [-0.05, 0) is 36.1 Å². The second-order valence-electron chi connectivity index (χ2n) is 8.20. The molecule has 31 heavy (non-hydrogen) atoms. The first kappa shape index (κ1) is 20.9. The third-order valence-electron chi connectivity index (χ3n) is 6.05. The molecular formula is C25H28N4O2. The molecule has 0 saturated heterocycles. The lowest BCUT2D eigenvalue weighted by molar-refractivity contribution is -0.118. The van der Waals surface area contributed by atoms with Crippen LogP contribution in [-0.4, -0.2) is 22.4 Å². The molecular weight excluding hydrogens is 388 g/mol. The molecule has 160 valence electrons. The van der Waals surface area contributed by atoms with Crippen LogP contribution in [0.2, 0.25) is 0 Å². The van der Waals surface area contributed by atoms with E-state index >= 15 is 0 Å². The monoisotopic (exact) mass is 416 g/mol. The zero-order chi connectivity index (χ0) is 21.5. The van der Waals surface area contributed by atoms with Gasteiger partial charge in [-0.25, -0.2) is 0 Å². The van der Waals surface area contributed by atoms with Crippen LogP contribution in [0.4, 0.5) is 5.69 Å². The second-order valence-corrected chi connectivity index (χ2v) is 8.20. The van der Waals surface area contributed by atoms with Crippen LogP contribution in [0.3, 0.4) is 0 Å². The highest BCUT2D eigenvalue weighted by atomic mass is 16.7. The molecule has 0 spiro atoms. The van der Waals surface area contributed by atoms with Gasteiger partial charge < -0.3 is 4.84 Å². The Bertz CT molecular complexity index is 1050. The Morgan fingerprint density at radius 3 is 2.74 bits per heavy atom. The summed E-state index contributed by atoms with van der Waals surface area (Å²) >= 11 is 0. The van der Waals surface area contributed by atoms with Crippen LogP contribution in [-0.2, 0) is 11.4 Å². The van der Waals surface area contributed by atoms with E-state index in [1.165, 1.54) is 36.9 Å². The van der Waals surface area contributed by atoms with Crippen LogP contribution >= 0.6 is 0 Å². The van der Waals surface area contributed by atoms with Crippen LogP contribution in [0.5, 0.6) is 0 Å². The van der Waals surface area contributed by atoms with Crippen molar-refractivity contribution in [3.63, 3.8) is 0 Å². The number of benzene rings is 2. The highest BCUT2D eigenvalue weighted by molar-refractivity contribution is 5.96. The minimum Gasteiger partial charge on any atom is -0.391 e. The number of nitrogens with zero attached hydrogens (tertiary/aromatic N) is 4. The predicted octanol–water partition coefficient (Wildman–Crippen LogP) is 4.88. The van der Waals surface area contributed by atoms with Crippen molar-refractivity contribution in [3.05, 3.63) is 60.3 Å². The van der Waals surface area contributed by atoms with E-state index in [1.807, 2.05) is 48.5 Å². The Morgan fingerprint density at radius 1 is 1.16 bits per heavy atom. The molecule has 6 heteroatoms. The molecule has 0 atom stereocenters. The average molecular weight is 417 g/mol. The maximum absolute atomic E-state index is 12.9. The summed E-state index contributed by atoms with van der Waals surface area (Å²) in [5, 5.41) is 14.5. The van der Waals surface area contributed by atoms with Crippen molar-refractivity contribution in [2.45, 2.75) is 51.6 Å². The molecule has 1 saturated carbocycles. The molecule has 4 rings (SSSR count). The first-order chi connectivity index (χ1) is 15.2. The first-order valence-corrected chi connectivity index (χ1v) is 11.1. The topological polar surface area (TPSA) is 71.2 Å². The van der Waals surface area contributed by atoms with Gasteiger partial charge in [0.05, 0.1) is 12.3 Å². The molecule has 0 aliphatic heterocycles. The molecule has 0 radical (unpaired) electrons. The molecule has 3 aromatic rings. The third-order valence-corrected chi connectivity index (χ3v) is 6.05. The number of carbonyl (C=O) groups excluding carboxylic acids is 1. The number of fused-ring (bicyclic) bond motifs is 1. The number of carbonyl (C=O) groups is 1. The summed E-state index contributed by atoms with van der Waals surface area (Å²) in [6.07, 6.45) is 9.42. The summed E-state index contributed by atoms with van der Waals surface area (Å²) in [4.78, 5) is 21.8. The Balaban J connectivity index is 1.44. The number of rotatable bonds is 8. The summed E-state index contributed by atoms with van der Waals surface area (Å²) in [5.74, 6) is 0.656. The Kier molecular flexibility index (Phi) is 6.83. The van der Waals surface area contributed by atoms with Gasteiger partial charge in [0.15, 0.2) is 0 Å². The van der Waals surface area contributed by atoms with Crippen molar-refractivity contribution in [3.8, 4) is 6.07 Å².